The monoisotopic (exact) mass is 480 g/mol. The molecule has 0 bridgehead atoms. The first-order chi connectivity index (χ1) is 16.2. The Balaban J connectivity index is 1.51. The molecular weight excluding hydrogens is 460 g/mol. The van der Waals surface area contributed by atoms with Gasteiger partial charge in [0.05, 0.1) is 21.1 Å². The molecule has 34 heavy (non-hydrogen) atoms. The number of carbonyl (C=O) groups excluding carboxylic acids is 2. The Morgan fingerprint density at radius 3 is 2.50 bits per heavy atom. The van der Waals surface area contributed by atoms with Crippen LogP contribution in [0.1, 0.15) is 33.2 Å². The van der Waals surface area contributed by atoms with Crippen LogP contribution in [0.3, 0.4) is 0 Å². The highest BCUT2D eigenvalue weighted by molar-refractivity contribution is 7.92. The number of ketones is 1. The molecule has 3 aromatic carbocycles. The van der Waals surface area contributed by atoms with Gasteiger partial charge in [0.15, 0.2) is 6.61 Å². The number of nitro groups is 1. The zero-order valence-electron chi connectivity index (χ0n) is 18.1. The summed E-state index contributed by atoms with van der Waals surface area (Å²) < 4.78 is 33.2. The Kier molecular flexibility index (Phi) is 6.16. The summed E-state index contributed by atoms with van der Waals surface area (Å²) in [6.45, 7) is 1.17. The standard InChI is InChI=1S/C24H20N2O7S/c1-16-12-17-6-2-3-11-22(17)25(16)34(31,32)21-10-5-8-19(14-21)24(28)33-15-23(27)18-7-4-9-20(13-18)26(29)30/h2-11,13-14,16H,12,15H2,1H3. The highest BCUT2D eigenvalue weighted by Crippen LogP contribution is 2.36. The third-order valence-corrected chi connectivity index (χ3v) is 7.41. The number of sulfonamides is 1. The molecule has 0 spiro atoms. The SMILES string of the molecule is CC1Cc2ccccc2N1S(=O)(=O)c1cccc(C(=O)OCC(=O)c2cccc([N+](=O)[O-])c2)c1. The number of ether oxygens (including phenoxy) is 1. The van der Waals surface area contributed by atoms with Crippen LogP contribution in [0.25, 0.3) is 0 Å². The average Bonchev–Trinajstić information content (AvgIpc) is 3.18. The number of anilines is 1. The summed E-state index contributed by atoms with van der Waals surface area (Å²) in [5.74, 6) is -1.51. The van der Waals surface area contributed by atoms with Gasteiger partial charge >= 0.3 is 5.97 Å². The molecule has 1 aliphatic heterocycles. The summed E-state index contributed by atoms with van der Waals surface area (Å²) >= 11 is 0. The summed E-state index contributed by atoms with van der Waals surface area (Å²) in [4.78, 5) is 35.0. The Labute approximate surface area is 195 Å². The van der Waals surface area contributed by atoms with Gasteiger partial charge in [-0.3, -0.25) is 19.2 Å². The molecule has 0 aromatic heterocycles. The molecule has 0 saturated heterocycles. The van der Waals surface area contributed by atoms with Crippen LogP contribution in [0.5, 0.6) is 0 Å². The van der Waals surface area contributed by atoms with Crippen molar-refractivity contribution in [1.29, 1.82) is 0 Å². The first-order valence-corrected chi connectivity index (χ1v) is 11.8. The number of Topliss-reactive ketones (excluding diaryl/α,β-unsaturated/α-hetero) is 1. The summed E-state index contributed by atoms with van der Waals surface area (Å²) in [5, 5.41) is 10.9. The van der Waals surface area contributed by atoms with E-state index in [1.54, 1.807) is 12.1 Å². The van der Waals surface area contributed by atoms with E-state index in [4.69, 9.17) is 4.74 Å². The molecule has 9 nitrogen and oxygen atoms in total. The third kappa shape index (κ3) is 4.40. The predicted octanol–water partition coefficient (Wildman–Crippen LogP) is 3.77. The van der Waals surface area contributed by atoms with Crippen LogP contribution < -0.4 is 4.31 Å². The second-order valence-electron chi connectivity index (χ2n) is 7.82. The van der Waals surface area contributed by atoms with Crippen molar-refractivity contribution in [3.63, 3.8) is 0 Å². The molecule has 3 aromatic rings. The molecular formula is C24H20N2O7S. The van der Waals surface area contributed by atoms with Gasteiger partial charge in [-0.05, 0) is 43.2 Å². The van der Waals surface area contributed by atoms with Crippen LogP contribution >= 0.6 is 0 Å². The Morgan fingerprint density at radius 2 is 1.74 bits per heavy atom. The molecule has 1 aliphatic rings. The van der Waals surface area contributed by atoms with Gasteiger partial charge in [0.2, 0.25) is 5.78 Å². The first kappa shape index (κ1) is 23.1. The van der Waals surface area contributed by atoms with Crippen molar-refractivity contribution in [2.24, 2.45) is 0 Å². The zero-order valence-corrected chi connectivity index (χ0v) is 18.9. The highest BCUT2D eigenvalue weighted by Gasteiger charge is 2.36. The topological polar surface area (TPSA) is 124 Å². The molecule has 174 valence electrons. The number of carbonyl (C=O) groups is 2. The minimum atomic E-state index is -3.95. The van der Waals surface area contributed by atoms with Crippen molar-refractivity contribution in [2.75, 3.05) is 10.9 Å². The zero-order chi connectivity index (χ0) is 24.5. The van der Waals surface area contributed by atoms with Crippen molar-refractivity contribution < 1.29 is 27.7 Å². The third-order valence-electron chi connectivity index (χ3n) is 5.48. The van der Waals surface area contributed by atoms with E-state index in [1.807, 2.05) is 19.1 Å². The fraction of sp³-hybridized carbons (Fsp3) is 0.167. The lowest BCUT2D eigenvalue weighted by molar-refractivity contribution is -0.384. The second-order valence-corrected chi connectivity index (χ2v) is 9.63. The van der Waals surface area contributed by atoms with Crippen molar-refractivity contribution in [1.82, 2.24) is 0 Å². The maximum Gasteiger partial charge on any atom is 0.338 e. The minimum Gasteiger partial charge on any atom is -0.454 e. The van der Waals surface area contributed by atoms with E-state index in [1.165, 1.54) is 46.8 Å². The van der Waals surface area contributed by atoms with Crippen LogP contribution in [0.15, 0.2) is 77.7 Å². The van der Waals surface area contributed by atoms with Crippen LogP contribution in [0, 0.1) is 10.1 Å². The van der Waals surface area contributed by atoms with Crippen molar-refractivity contribution in [2.45, 2.75) is 24.3 Å². The van der Waals surface area contributed by atoms with Crippen LogP contribution in [0.2, 0.25) is 0 Å². The van der Waals surface area contributed by atoms with Crippen molar-refractivity contribution >= 4 is 33.2 Å². The molecule has 0 radical (unpaired) electrons. The number of benzene rings is 3. The van der Waals surface area contributed by atoms with Gasteiger partial charge in [0.1, 0.15) is 0 Å². The molecule has 1 atom stereocenters. The van der Waals surface area contributed by atoms with E-state index in [2.05, 4.69) is 0 Å². The lowest BCUT2D eigenvalue weighted by atomic mass is 10.1. The van der Waals surface area contributed by atoms with E-state index >= 15 is 0 Å². The van der Waals surface area contributed by atoms with Crippen molar-refractivity contribution in [3.8, 4) is 0 Å². The van der Waals surface area contributed by atoms with Crippen LogP contribution in [-0.4, -0.2) is 37.7 Å². The van der Waals surface area contributed by atoms with Crippen molar-refractivity contribution in [3.05, 3.63) is 99.6 Å². The Morgan fingerprint density at radius 1 is 1.03 bits per heavy atom. The summed E-state index contributed by atoms with van der Waals surface area (Å²) in [5.41, 5.74) is 1.26. The van der Waals surface area contributed by atoms with Gasteiger partial charge in [-0.2, -0.15) is 0 Å². The number of hydrogen-bond donors (Lipinski definition) is 0. The number of nitrogens with zero attached hydrogens (tertiary/aromatic N) is 2. The number of nitro benzene ring substituents is 1. The van der Waals surface area contributed by atoms with Gasteiger partial charge < -0.3 is 4.74 Å². The molecule has 0 aliphatic carbocycles. The summed E-state index contributed by atoms with van der Waals surface area (Å²) in [6, 6.07) is 17.5. The minimum absolute atomic E-state index is 0.0278. The maximum absolute atomic E-state index is 13.4. The molecule has 0 saturated carbocycles. The van der Waals surface area contributed by atoms with Gasteiger partial charge in [0, 0.05) is 23.7 Å². The Hall–Kier alpha value is -4.05. The maximum atomic E-state index is 13.4. The molecule has 0 N–H and O–H groups in total. The number of rotatable bonds is 7. The summed E-state index contributed by atoms with van der Waals surface area (Å²) in [7, 11) is -3.95. The molecule has 10 heteroatoms. The predicted molar refractivity (Wildman–Crippen MR) is 123 cm³/mol. The van der Waals surface area contributed by atoms with Crippen LogP contribution in [0.4, 0.5) is 11.4 Å². The molecule has 0 amide bonds. The number of fused-ring (bicyclic) bond motifs is 1. The molecule has 4 rings (SSSR count). The van der Waals surface area contributed by atoms with Gasteiger partial charge in [-0.1, -0.05) is 36.4 Å². The van der Waals surface area contributed by atoms with Gasteiger partial charge in [0.25, 0.3) is 15.7 Å². The van der Waals surface area contributed by atoms with Gasteiger partial charge in [-0.15, -0.1) is 0 Å². The smallest absolute Gasteiger partial charge is 0.338 e. The fourth-order valence-electron chi connectivity index (χ4n) is 3.89. The first-order valence-electron chi connectivity index (χ1n) is 10.4. The van der Waals surface area contributed by atoms with E-state index in [-0.39, 0.29) is 27.8 Å². The Bertz CT molecular complexity index is 1400. The number of non-ortho nitro benzene ring substituents is 1. The van der Waals surface area contributed by atoms with Gasteiger partial charge in [-0.25, -0.2) is 13.2 Å². The normalized spacial score (nSPS) is 15.0. The quantitative estimate of drug-likeness (QED) is 0.218. The van der Waals surface area contributed by atoms with E-state index < -0.39 is 33.3 Å². The summed E-state index contributed by atoms with van der Waals surface area (Å²) in [6.07, 6.45) is 0.580. The molecule has 1 unspecified atom stereocenters. The number of para-hydroxylation sites is 1. The number of hydrogen-bond acceptors (Lipinski definition) is 7. The van der Waals surface area contributed by atoms with E-state index in [9.17, 15) is 28.1 Å². The largest absolute Gasteiger partial charge is 0.454 e. The fourth-order valence-corrected chi connectivity index (χ4v) is 5.63. The molecule has 1 heterocycles. The van der Waals surface area contributed by atoms with E-state index in [0.717, 1.165) is 11.6 Å². The van der Waals surface area contributed by atoms with Crippen LogP contribution in [-0.2, 0) is 21.2 Å². The molecule has 0 fully saturated rings. The highest BCUT2D eigenvalue weighted by atomic mass is 32.2. The van der Waals surface area contributed by atoms with E-state index in [0.29, 0.717) is 12.1 Å². The number of esters is 1. The average molecular weight is 480 g/mol. The second kappa shape index (κ2) is 9.06. The lowest BCUT2D eigenvalue weighted by Crippen LogP contribution is -2.35. The lowest BCUT2D eigenvalue weighted by Gasteiger charge is -2.24.